The van der Waals surface area contributed by atoms with Crippen molar-refractivity contribution in [2.75, 3.05) is 14.7 Å². The van der Waals surface area contributed by atoms with Gasteiger partial charge in [-0.3, -0.25) is 0 Å². The van der Waals surface area contributed by atoms with Crippen LogP contribution in [0.1, 0.15) is 5.56 Å². The number of hydrogen-bond acceptors (Lipinski definition) is 5. The molecule has 0 N–H and O–H groups in total. The van der Waals surface area contributed by atoms with Crippen LogP contribution in [0.2, 0.25) is 0 Å². The summed E-state index contributed by atoms with van der Waals surface area (Å²) < 4.78 is 5.06. The molecule has 2 heterocycles. The predicted octanol–water partition coefficient (Wildman–Crippen LogP) is 17.1. The predicted molar refractivity (Wildman–Crippen MR) is 261 cm³/mol. The number of nitrogens with zero attached hydrogens (tertiary/aromatic N) is 3. The van der Waals surface area contributed by atoms with Gasteiger partial charge in [0.25, 0.3) is 0 Å². The molecule has 5 heteroatoms. The number of fused-ring (bicyclic) bond motifs is 6. The van der Waals surface area contributed by atoms with Crippen molar-refractivity contribution in [3.05, 3.63) is 224 Å². The van der Waals surface area contributed by atoms with Gasteiger partial charge in [-0.1, -0.05) is 109 Å². The first-order valence-electron chi connectivity index (χ1n) is 20.3. The topological polar surface area (TPSA) is 9.72 Å². The molecular weight excluding hydrogens is 767 g/mol. The molecule has 3 nitrogen and oxygen atoms in total. The minimum Gasteiger partial charge on any atom is -0.310 e. The van der Waals surface area contributed by atoms with E-state index in [0.717, 1.165) is 51.2 Å². The highest BCUT2D eigenvalue weighted by atomic mass is 32.1. The molecule has 0 fully saturated rings. The third-order valence-electron chi connectivity index (χ3n) is 11.3. The van der Waals surface area contributed by atoms with Crippen LogP contribution in [0.3, 0.4) is 0 Å². The minimum atomic E-state index is 1.11. The summed E-state index contributed by atoms with van der Waals surface area (Å²) >= 11 is 3.73. The van der Waals surface area contributed by atoms with Crippen LogP contribution in [0, 0.1) is 6.92 Å². The van der Waals surface area contributed by atoms with Crippen molar-refractivity contribution in [3.63, 3.8) is 0 Å². The number of thiophene rings is 2. The highest BCUT2D eigenvalue weighted by Gasteiger charge is 2.24. The van der Waals surface area contributed by atoms with Gasteiger partial charge in [-0.25, -0.2) is 0 Å². The zero-order valence-corrected chi connectivity index (χ0v) is 34.6. The van der Waals surface area contributed by atoms with Crippen LogP contribution >= 0.6 is 22.7 Å². The maximum Gasteiger partial charge on any atom is 0.0575 e. The van der Waals surface area contributed by atoms with E-state index in [0.29, 0.717) is 0 Å². The van der Waals surface area contributed by atoms with Crippen LogP contribution in [-0.4, -0.2) is 0 Å². The van der Waals surface area contributed by atoms with Crippen molar-refractivity contribution in [3.8, 4) is 0 Å². The molecule has 9 aromatic carbocycles. The van der Waals surface area contributed by atoms with Crippen LogP contribution in [0.15, 0.2) is 218 Å². The van der Waals surface area contributed by atoms with Crippen molar-refractivity contribution in [1.29, 1.82) is 0 Å². The summed E-state index contributed by atoms with van der Waals surface area (Å²) in [5.41, 5.74) is 11.4. The van der Waals surface area contributed by atoms with Crippen LogP contribution in [0.4, 0.5) is 51.2 Å². The fourth-order valence-electron chi connectivity index (χ4n) is 8.68. The lowest BCUT2D eigenvalue weighted by Crippen LogP contribution is -2.13. The Morgan fingerprint density at radius 1 is 0.283 bits per heavy atom. The Morgan fingerprint density at radius 2 is 0.700 bits per heavy atom. The van der Waals surface area contributed by atoms with Gasteiger partial charge in [0, 0.05) is 85.8 Å². The van der Waals surface area contributed by atoms with E-state index in [9.17, 15) is 0 Å². The van der Waals surface area contributed by atoms with Crippen molar-refractivity contribution >= 4 is 114 Å². The fraction of sp³-hybridized carbons (Fsp3) is 0.0182. The number of rotatable bonds is 9. The van der Waals surface area contributed by atoms with Gasteiger partial charge < -0.3 is 14.7 Å². The molecule has 11 rings (SSSR count). The second-order valence-corrected chi connectivity index (χ2v) is 17.2. The summed E-state index contributed by atoms with van der Waals surface area (Å²) in [5.74, 6) is 0. The molecule has 286 valence electrons. The molecule has 0 saturated carbocycles. The molecular formula is C55H39N3S2. The van der Waals surface area contributed by atoms with Gasteiger partial charge in [0.1, 0.15) is 0 Å². The smallest absolute Gasteiger partial charge is 0.0575 e. The number of aryl methyl sites for hydroxylation is 1. The number of anilines is 9. The Labute approximate surface area is 357 Å². The first-order chi connectivity index (χ1) is 29.7. The van der Waals surface area contributed by atoms with Crippen LogP contribution in [0.25, 0.3) is 40.3 Å². The molecule has 11 aromatic rings. The maximum absolute atomic E-state index is 2.44. The van der Waals surface area contributed by atoms with E-state index in [-0.39, 0.29) is 0 Å². The standard InChI is InChI=1S/C55H39N3S2/c1-38-33-45(36-52-54(38)48-34-44(31-32-51(48)60-52)56(39-19-7-2-8-20-39)40-21-9-3-10-22-40)57(41-23-11-4-12-24-41)46-35-49(55-47-29-17-18-30-50(47)59-53(55)37-46)58(42-25-13-5-14-26-42)43-27-15-6-16-28-43/h2-37H,1H3. The van der Waals surface area contributed by atoms with E-state index in [1.54, 1.807) is 0 Å². The SMILES string of the molecule is Cc1cc(N(c2ccccc2)c2cc(N(c3ccccc3)c3ccccc3)c3c(c2)sc2ccccc23)cc2sc3ccc(N(c4ccccc4)c4ccccc4)cc3c12. The van der Waals surface area contributed by atoms with Gasteiger partial charge in [-0.2, -0.15) is 0 Å². The summed E-state index contributed by atoms with van der Waals surface area (Å²) in [6.45, 7) is 2.27. The van der Waals surface area contributed by atoms with Crippen molar-refractivity contribution in [1.82, 2.24) is 0 Å². The summed E-state index contributed by atoms with van der Waals surface area (Å²) in [5, 5.41) is 5.10. The minimum absolute atomic E-state index is 1.11. The normalized spacial score (nSPS) is 11.4. The fourth-order valence-corrected chi connectivity index (χ4v) is 11.0. The maximum atomic E-state index is 2.44. The van der Waals surface area contributed by atoms with E-state index >= 15 is 0 Å². The molecule has 0 atom stereocenters. The molecule has 0 saturated heterocycles. The Hall–Kier alpha value is -7.18. The summed E-state index contributed by atoms with van der Waals surface area (Å²) in [6.07, 6.45) is 0. The quantitative estimate of drug-likeness (QED) is 0.144. The highest BCUT2D eigenvalue weighted by Crippen LogP contribution is 2.50. The molecule has 2 aromatic heterocycles. The third-order valence-corrected chi connectivity index (χ3v) is 13.5. The molecule has 0 unspecified atom stereocenters. The van der Waals surface area contributed by atoms with Crippen molar-refractivity contribution < 1.29 is 0 Å². The molecule has 60 heavy (non-hydrogen) atoms. The van der Waals surface area contributed by atoms with E-state index < -0.39 is 0 Å². The Morgan fingerprint density at radius 3 is 1.23 bits per heavy atom. The molecule has 0 aliphatic rings. The summed E-state index contributed by atoms with van der Waals surface area (Å²) in [4.78, 5) is 7.20. The lowest BCUT2D eigenvalue weighted by Gasteiger charge is -2.30. The summed E-state index contributed by atoms with van der Waals surface area (Å²) in [7, 11) is 0. The lowest BCUT2D eigenvalue weighted by atomic mass is 10.0. The third kappa shape index (κ3) is 6.36. The van der Waals surface area contributed by atoms with Gasteiger partial charge in [-0.05, 0) is 122 Å². The monoisotopic (exact) mass is 805 g/mol. The van der Waals surface area contributed by atoms with Crippen LogP contribution in [-0.2, 0) is 0 Å². The number of benzene rings is 9. The number of hydrogen-bond donors (Lipinski definition) is 0. The molecule has 0 amide bonds. The van der Waals surface area contributed by atoms with Gasteiger partial charge in [-0.15, -0.1) is 22.7 Å². The first kappa shape index (κ1) is 35.9. The molecule has 0 radical (unpaired) electrons. The zero-order valence-electron chi connectivity index (χ0n) is 32.9. The van der Waals surface area contributed by atoms with Gasteiger partial charge >= 0.3 is 0 Å². The zero-order chi connectivity index (χ0) is 40.0. The average molecular weight is 806 g/mol. The van der Waals surface area contributed by atoms with E-state index in [1.165, 1.54) is 45.9 Å². The highest BCUT2D eigenvalue weighted by molar-refractivity contribution is 7.26. The second-order valence-electron chi connectivity index (χ2n) is 15.0. The van der Waals surface area contributed by atoms with Gasteiger partial charge in [0.15, 0.2) is 0 Å². The van der Waals surface area contributed by atoms with E-state index in [4.69, 9.17) is 0 Å². The largest absolute Gasteiger partial charge is 0.310 e. The Bertz CT molecular complexity index is 3190. The Balaban J connectivity index is 1.12. The average Bonchev–Trinajstić information content (AvgIpc) is 3.87. The molecule has 0 bridgehead atoms. The van der Waals surface area contributed by atoms with Gasteiger partial charge in [0.2, 0.25) is 0 Å². The van der Waals surface area contributed by atoms with E-state index in [2.05, 4.69) is 240 Å². The molecule has 0 aliphatic heterocycles. The van der Waals surface area contributed by atoms with Crippen molar-refractivity contribution in [2.45, 2.75) is 6.92 Å². The lowest BCUT2D eigenvalue weighted by molar-refractivity contribution is 1.26. The van der Waals surface area contributed by atoms with Crippen LogP contribution in [0.5, 0.6) is 0 Å². The van der Waals surface area contributed by atoms with E-state index in [1.807, 2.05) is 22.7 Å². The number of para-hydroxylation sites is 5. The van der Waals surface area contributed by atoms with Gasteiger partial charge in [0.05, 0.1) is 5.69 Å². The molecule has 0 spiro atoms. The second kappa shape index (κ2) is 15.2. The Kier molecular flexibility index (Phi) is 9.11. The first-order valence-corrected chi connectivity index (χ1v) is 21.9. The van der Waals surface area contributed by atoms with Crippen molar-refractivity contribution in [2.24, 2.45) is 0 Å². The summed E-state index contributed by atoms with van der Waals surface area (Å²) in [6, 6.07) is 78.9. The molecule has 0 aliphatic carbocycles. The van der Waals surface area contributed by atoms with Crippen LogP contribution < -0.4 is 14.7 Å².